The van der Waals surface area contributed by atoms with Crippen LogP contribution in [0.15, 0.2) is 47.3 Å². The summed E-state index contributed by atoms with van der Waals surface area (Å²) >= 11 is 5.84. The summed E-state index contributed by atoms with van der Waals surface area (Å²) in [5, 5.41) is 3.52. The summed E-state index contributed by atoms with van der Waals surface area (Å²) in [6.07, 6.45) is 1.66. The van der Waals surface area contributed by atoms with E-state index in [2.05, 4.69) is 15.2 Å². The van der Waals surface area contributed by atoms with E-state index in [4.69, 9.17) is 11.6 Å². The van der Waals surface area contributed by atoms with Gasteiger partial charge in [-0.25, -0.2) is 9.18 Å². The summed E-state index contributed by atoms with van der Waals surface area (Å²) in [7, 11) is 0. The number of H-pyrrole nitrogens is 1. The average molecular weight is 417 g/mol. The van der Waals surface area contributed by atoms with Crippen LogP contribution in [0.4, 0.5) is 4.39 Å². The van der Waals surface area contributed by atoms with E-state index in [1.807, 2.05) is 0 Å². The molecule has 0 bridgehead atoms. The number of likely N-dealkylation sites (tertiary alicyclic amines) is 1. The first-order valence-electron chi connectivity index (χ1n) is 9.67. The zero-order valence-electron chi connectivity index (χ0n) is 15.8. The molecule has 1 aliphatic rings. The molecule has 4 rings (SSSR count). The Morgan fingerprint density at radius 1 is 1.17 bits per heavy atom. The van der Waals surface area contributed by atoms with Crippen LogP contribution in [0.25, 0.3) is 11.0 Å². The zero-order chi connectivity index (χ0) is 20.4. The van der Waals surface area contributed by atoms with Crippen molar-refractivity contribution in [1.82, 2.24) is 19.8 Å². The van der Waals surface area contributed by atoms with E-state index in [9.17, 15) is 14.0 Å². The van der Waals surface area contributed by atoms with E-state index in [-0.39, 0.29) is 23.5 Å². The standard InChI is InChI=1S/C21H22ClFN4O2/c22-15-3-1-14(2-4-15)20(28)24-9-12-26-10-7-17(8-11-26)27-19-6-5-16(23)13-18(19)25-21(27)29/h1-6,13,17H,7-12H2,(H,24,28)(H,25,29). The summed E-state index contributed by atoms with van der Waals surface area (Å²) in [4.78, 5) is 29.5. The summed E-state index contributed by atoms with van der Waals surface area (Å²) in [5.41, 5.74) is 1.66. The van der Waals surface area contributed by atoms with Crippen molar-refractivity contribution in [2.24, 2.45) is 0 Å². The van der Waals surface area contributed by atoms with E-state index in [1.54, 1.807) is 34.9 Å². The number of piperidine rings is 1. The number of nitrogens with zero attached hydrogens (tertiary/aromatic N) is 2. The van der Waals surface area contributed by atoms with Gasteiger partial charge >= 0.3 is 5.69 Å². The number of imidazole rings is 1. The second-order valence-corrected chi connectivity index (χ2v) is 7.73. The Labute approximate surface area is 172 Å². The molecule has 1 fully saturated rings. The highest BCUT2D eigenvalue weighted by Crippen LogP contribution is 2.25. The number of aromatic amines is 1. The molecule has 29 heavy (non-hydrogen) atoms. The molecule has 0 aliphatic carbocycles. The number of benzene rings is 2. The topological polar surface area (TPSA) is 70.1 Å². The number of rotatable bonds is 5. The molecule has 8 heteroatoms. The van der Waals surface area contributed by atoms with Crippen LogP contribution < -0.4 is 11.0 Å². The molecule has 1 saturated heterocycles. The fourth-order valence-corrected chi connectivity index (χ4v) is 4.02. The van der Waals surface area contributed by atoms with Gasteiger partial charge in [0.25, 0.3) is 5.91 Å². The molecule has 1 aliphatic heterocycles. The normalized spacial score (nSPS) is 15.7. The first-order valence-corrected chi connectivity index (χ1v) is 10.0. The smallest absolute Gasteiger partial charge is 0.326 e. The molecule has 0 spiro atoms. The molecule has 0 radical (unpaired) electrons. The summed E-state index contributed by atoms with van der Waals surface area (Å²) in [6.45, 7) is 2.97. The highest BCUT2D eigenvalue weighted by atomic mass is 35.5. The van der Waals surface area contributed by atoms with Crippen molar-refractivity contribution in [2.75, 3.05) is 26.2 Å². The maximum absolute atomic E-state index is 13.4. The number of nitrogens with one attached hydrogen (secondary N) is 2. The Morgan fingerprint density at radius 3 is 2.62 bits per heavy atom. The Kier molecular flexibility index (Phi) is 5.69. The number of carbonyl (C=O) groups excluding carboxylic acids is 1. The lowest BCUT2D eigenvalue weighted by molar-refractivity contribution is 0.0944. The first kappa shape index (κ1) is 19.7. The summed E-state index contributed by atoms with van der Waals surface area (Å²) in [5.74, 6) is -0.476. The summed E-state index contributed by atoms with van der Waals surface area (Å²) < 4.78 is 15.1. The van der Waals surface area contributed by atoms with Crippen LogP contribution in [0.1, 0.15) is 29.2 Å². The van der Waals surface area contributed by atoms with Crippen LogP contribution in [-0.2, 0) is 0 Å². The van der Waals surface area contributed by atoms with E-state index < -0.39 is 0 Å². The van der Waals surface area contributed by atoms with Crippen LogP contribution in [0.3, 0.4) is 0 Å². The number of hydrogen-bond donors (Lipinski definition) is 2. The number of carbonyl (C=O) groups is 1. The number of hydrogen-bond acceptors (Lipinski definition) is 3. The quantitative estimate of drug-likeness (QED) is 0.671. The maximum Gasteiger partial charge on any atom is 0.326 e. The molecule has 0 saturated carbocycles. The third kappa shape index (κ3) is 4.36. The van der Waals surface area contributed by atoms with Crippen molar-refractivity contribution in [3.63, 3.8) is 0 Å². The molecule has 0 unspecified atom stereocenters. The van der Waals surface area contributed by atoms with Gasteiger partial charge in [0.1, 0.15) is 5.82 Å². The van der Waals surface area contributed by atoms with E-state index >= 15 is 0 Å². The minimum absolute atomic E-state index is 0.0848. The predicted octanol–water partition coefficient (Wildman–Crippen LogP) is 3.19. The average Bonchev–Trinajstić information content (AvgIpc) is 3.03. The lowest BCUT2D eigenvalue weighted by atomic mass is 10.0. The number of aromatic nitrogens is 2. The van der Waals surface area contributed by atoms with E-state index in [0.717, 1.165) is 38.0 Å². The van der Waals surface area contributed by atoms with Gasteiger partial charge in [-0.05, 0) is 55.3 Å². The van der Waals surface area contributed by atoms with Crippen LogP contribution in [0.2, 0.25) is 5.02 Å². The van der Waals surface area contributed by atoms with Gasteiger partial charge in [-0.1, -0.05) is 11.6 Å². The first-order chi connectivity index (χ1) is 14.0. The molecule has 0 atom stereocenters. The molecule has 152 valence electrons. The Bertz CT molecular complexity index is 1070. The third-order valence-corrected chi connectivity index (χ3v) is 5.67. The van der Waals surface area contributed by atoms with Crippen molar-refractivity contribution >= 4 is 28.5 Å². The molecule has 6 nitrogen and oxygen atoms in total. The van der Waals surface area contributed by atoms with Crippen LogP contribution in [-0.4, -0.2) is 46.5 Å². The Morgan fingerprint density at radius 2 is 1.90 bits per heavy atom. The second kappa shape index (κ2) is 8.39. The van der Waals surface area contributed by atoms with Crippen molar-refractivity contribution < 1.29 is 9.18 Å². The molecule has 2 aromatic carbocycles. The fraction of sp³-hybridized carbons (Fsp3) is 0.333. The van der Waals surface area contributed by atoms with Gasteiger partial charge in [-0.2, -0.15) is 0 Å². The summed E-state index contributed by atoms with van der Waals surface area (Å²) in [6, 6.07) is 11.3. The highest BCUT2D eigenvalue weighted by molar-refractivity contribution is 6.30. The molecule has 1 amide bonds. The van der Waals surface area contributed by atoms with Gasteiger partial charge < -0.3 is 15.2 Å². The zero-order valence-corrected chi connectivity index (χ0v) is 16.6. The van der Waals surface area contributed by atoms with Crippen molar-refractivity contribution in [2.45, 2.75) is 18.9 Å². The number of amides is 1. The van der Waals surface area contributed by atoms with Crippen LogP contribution in [0.5, 0.6) is 0 Å². The SMILES string of the molecule is O=C(NCCN1CCC(n2c(=O)[nH]c3cc(F)ccc32)CC1)c1ccc(Cl)cc1. The van der Waals surface area contributed by atoms with Gasteiger partial charge in [0.05, 0.1) is 11.0 Å². The monoisotopic (exact) mass is 416 g/mol. The van der Waals surface area contributed by atoms with Gasteiger partial charge in [0, 0.05) is 42.8 Å². The van der Waals surface area contributed by atoms with Gasteiger partial charge in [0.2, 0.25) is 0 Å². The second-order valence-electron chi connectivity index (χ2n) is 7.30. The van der Waals surface area contributed by atoms with Crippen LogP contribution in [0, 0.1) is 5.82 Å². The van der Waals surface area contributed by atoms with E-state index in [0.29, 0.717) is 22.6 Å². The van der Waals surface area contributed by atoms with Gasteiger partial charge in [0.15, 0.2) is 0 Å². The molecule has 2 heterocycles. The molecular formula is C21H22ClFN4O2. The Hall–Kier alpha value is -2.64. The fourth-order valence-electron chi connectivity index (χ4n) is 3.90. The lowest BCUT2D eigenvalue weighted by Gasteiger charge is -2.32. The maximum atomic E-state index is 13.4. The minimum atomic E-state index is -0.360. The van der Waals surface area contributed by atoms with Crippen molar-refractivity contribution in [1.29, 1.82) is 0 Å². The number of halogens is 2. The molecular weight excluding hydrogens is 395 g/mol. The van der Waals surface area contributed by atoms with Crippen molar-refractivity contribution in [3.05, 3.63) is 69.4 Å². The van der Waals surface area contributed by atoms with Crippen LogP contribution >= 0.6 is 11.6 Å². The predicted molar refractivity (Wildman–Crippen MR) is 111 cm³/mol. The largest absolute Gasteiger partial charge is 0.351 e. The van der Waals surface area contributed by atoms with Gasteiger partial charge in [-0.3, -0.25) is 9.36 Å². The highest BCUT2D eigenvalue weighted by Gasteiger charge is 2.23. The third-order valence-electron chi connectivity index (χ3n) is 5.42. The Balaban J connectivity index is 1.30. The molecule has 2 N–H and O–H groups in total. The van der Waals surface area contributed by atoms with Gasteiger partial charge in [-0.15, -0.1) is 0 Å². The lowest BCUT2D eigenvalue weighted by Crippen LogP contribution is -2.41. The minimum Gasteiger partial charge on any atom is -0.351 e. The number of fused-ring (bicyclic) bond motifs is 1. The van der Waals surface area contributed by atoms with Crippen molar-refractivity contribution in [3.8, 4) is 0 Å². The molecule has 1 aromatic heterocycles. The molecule has 3 aromatic rings. The van der Waals surface area contributed by atoms with E-state index in [1.165, 1.54) is 12.1 Å².